The number of nitrogens with one attached hydrogen (secondary N) is 1. The molecule has 2 fully saturated rings. The zero-order valence-electron chi connectivity index (χ0n) is 14.8. The Balaban J connectivity index is 1.44. The highest BCUT2D eigenvalue weighted by Gasteiger charge is 2.59. The summed E-state index contributed by atoms with van der Waals surface area (Å²) in [7, 11) is 0. The van der Waals surface area contributed by atoms with Gasteiger partial charge in [-0.15, -0.1) is 0 Å². The van der Waals surface area contributed by atoms with Gasteiger partial charge in [-0.3, -0.25) is 9.80 Å². The van der Waals surface area contributed by atoms with E-state index >= 15 is 0 Å². The van der Waals surface area contributed by atoms with E-state index in [4.69, 9.17) is 4.74 Å². The van der Waals surface area contributed by atoms with Gasteiger partial charge in [0.15, 0.2) is 5.50 Å². The summed E-state index contributed by atoms with van der Waals surface area (Å²) in [5.41, 5.74) is -0.581. The van der Waals surface area contributed by atoms with Crippen LogP contribution < -0.4 is 5.32 Å². The third-order valence-electron chi connectivity index (χ3n) is 5.17. The molecule has 3 heterocycles. The standard InChI is InChI=1S/C17H24N4O3S/c1-16(2,3)24-15(23)21-11-17(5-4-6-17)12(21)18-13(22)20-8-7-19-9-10-25-14(19)20/h7-10,12,14H,4-6,11H2,1-3H3,(H,18,22). The first-order chi connectivity index (χ1) is 11.8. The van der Waals surface area contributed by atoms with E-state index in [2.05, 4.69) is 5.32 Å². The highest BCUT2D eigenvalue weighted by Crippen LogP contribution is 2.52. The van der Waals surface area contributed by atoms with Crippen molar-refractivity contribution in [1.82, 2.24) is 20.0 Å². The molecule has 0 aromatic heterocycles. The molecule has 1 N–H and O–H groups in total. The molecule has 1 saturated heterocycles. The predicted molar refractivity (Wildman–Crippen MR) is 94.9 cm³/mol. The number of carbonyl (C=O) groups is 2. The van der Waals surface area contributed by atoms with Gasteiger partial charge in [-0.05, 0) is 39.0 Å². The molecule has 2 unspecified atom stereocenters. The molecule has 3 amide bonds. The van der Waals surface area contributed by atoms with Crippen LogP contribution in [0.5, 0.6) is 0 Å². The van der Waals surface area contributed by atoms with E-state index in [1.165, 1.54) is 0 Å². The fourth-order valence-electron chi connectivity index (χ4n) is 3.75. The minimum atomic E-state index is -0.543. The second-order valence-electron chi connectivity index (χ2n) is 8.08. The van der Waals surface area contributed by atoms with Crippen molar-refractivity contribution in [3.63, 3.8) is 0 Å². The van der Waals surface area contributed by atoms with Crippen molar-refractivity contribution >= 4 is 23.9 Å². The van der Waals surface area contributed by atoms with Crippen molar-refractivity contribution < 1.29 is 14.3 Å². The van der Waals surface area contributed by atoms with Gasteiger partial charge in [0, 0.05) is 30.6 Å². The summed E-state index contributed by atoms with van der Waals surface area (Å²) >= 11 is 1.58. The summed E-state index contributed by atoms with van der Waals surface area (Å²) in [5, 5.41) is 5.04. The number of likely N-dealkylation sites (tertiary alicyclic amines) is 1. The SMILES string of the molecule is CC(C)(C)OC(=O)N1CC2(CCC2)C1NC(=O)N1C=CN2C=CSC21. The highest BCUT2D eigenvalue weighted by molar-refractivity contribution is 8.02. The van der Waals surface area contributed by atoms with Crippen LogP contribution in [0.15, 0.2) is 24.0 Å². The first-order valence-corrected chi connectivity index (χ1v) is 9.60. The Bertz CT molecular complexity index is 653. The van der Waals surface area contributed by atoms with Gasteiger partial charge in [-0.1, -0.05) is 18.2 Å². The highest BCUT2D eigenvalue weighted by atomic mass is 32.2. The number of rotatable bonds is 1. The minimum absolute atomic E-state index is 0.0246. The lowest BCUT2D eigenvalue weighted by Gasteiger charge is -2.61. The average Bonchev–Trinajstić information content (AvgIpc) is 3.02. The van der Waals surface area contributed by atoms with Gasteiger partial charge < -0.3 is 15.0 Å². The van der Waals surface area contributed by atoms with Crippen LogP contribution >= 0.6 is 11.8 Å². The van der Waals surface area contributed by atoms with Crippen molar-refractivity contribution in [1.29, 1.82) is 0 Å². The van der Waals surface area contributed by atoms with E-state index in [0.717, 1.165) is 19.3 Å². The molecule has 4 rings (SSSR count). The van der Waals surface area contributed by atoms with Gasteiger partial charge in [0.2, 0.25) is 0 Å². The number of nitrogens with zero attached hydrogens (tertiary/aromatic N) is 3. The Kier molecular flexibility index (Phi) is 3.72. The lowest BCUT2D eigenvalue weighted by atomic mass is 9.61. The maximum Gasteiger partial charge on any atom is 0.411 e. The van der Waals surface area contributed by atoms with Crippen molar-refractivity contribution in [2.24, 2.45) is 5.41 Å². The lowest BCUT2D eigenvalue weighted by molar-refractivity contribution is -0.129. The molecule has 1 aliphatic carbocycles. The number of hydrogen-bond donors (Lipinski definition) is 1. The van der Waals surface area contributed by atoms with Crippen LogP contribution in [0.2, 0.25) is 0 Å². The van der Waals surface area contributed by atoms with Crippen LogP contribution in [0.4, 0.5) is 9.59 Å². The Morgan fingerprint density at radius 3 is 2.64 bits per heavy atom. The Labute approximate surface area is 152 Å². The number of urea groups is 1. The summed E-state index contributed by atoms with van der Waals surface area (Å²) < 4.78 is 5.50. The van der Waals surface area contributed by atoms with Crippen molar-refractivity contribution in [2.45, 2.75) is 57.3 Å². The topological polar surface area (TPSA) is 65.1 Å². The molecule has 3 aliphatic heterocycles. The Morgan fingerprint density at radius 2 is 2.00 bits per heavy atom. The van der Waals surface area contributed by atoms with Crippen LogP contribution in [0.25, 0.3) is 0 Å². The molecule has 25 heavy (non-hydrogen) atoms. The van der Waals surface area contributed by atoms with E-state index in [9.17, 15) is 9.59 Å². The smallest absolute Gasteiger partial charge is 0.411 e. The number of hydrogen-bond acceptors (Lipinski definition) is 5. The molecule has 0 aromatic carbocycles. The average molecular weight is 364 g/mol. The number of carbonyl (C=O) groups excluding carboxylic acids is 2. The second-order valence-corrected chi connectivity index (χ2v) is 9.04. The summed E-state index contributed by atoms with van der Waals surface area (Å²) in [4.78, 5) is 30.6. The molecular formula is C17H24N4O3S. The molecule has 0 bridgehead atoms. The van der Waals surface area contributed by atoms with Crippen molar-refractivity contribution in [3.05, 3.63) is 24.0 Å². The van der Waals surface area contributed by atoms with Crippen LogP contribution in [0.3, 0.4) is 0 Å². The largest absolute Gasteiger partial charge is 0.444 e. The molecule has 0 aromatic rings. The van der Waals surface area contributed by atoms with Gasteiger partial charge >= 0.3 is 12.1 Å². The number of thioether (sulfide) groups is 1. The zero-order valence-corrected chi connectivity index (χ0v) is 15.6. The molecule has 8 heteroatoms. The van der Waals surface area contributed by atoms with Crippen molar-refractivity contribution in [2.75, 3.05) is 6.54 Å². The quantitative estimate of drug-likeness (QED) is 0.775. The first kappa shape index (κ1) is 16.6. The fourth-order valence-corrected chi connectivity index (χ4v) is 4.68. The minimum Gasteiger partial charge on any atom is -0.444 e. The maximum atomic E-state index is 12.8. The molecule has 1 saturated carbocycles. The van der Waals surface area contributed by atoms with Gasteiger partial charge in [0.05, 0.1) is 0 Å². The first-order valence-electron chi connectivity index (χ1n) is 8.66. The maximum absolute atomic E-state index is 12.8. The Morgan fingerprint density at radius 1 is 1.24 bits per heavy atom. The molecule has 2 atom stereocenters. The molecule has 0 radical (unpaired) electrons. The van der Waals surface area contributed by atoms with Gasteiger partial charge in [0.25, 0.3) is 0 Å². The van der Waals surface area contributed by atoms with Gasteiger partial charge in [-0.25, -0.2) is 9.59 Å². The van der Waals surface area contributed by atoms with E-state index in [-0.39, 0.29) is 29.2 Å². The summed E-state index contributed by atoms with van der Waals surface area (Å²) in [6.07, 6.45) is 8.19. The van der Waals surface area contributed by atoms with Gasteiger partial charge in [-0.2, -0.15) is 0 Å². The zero-order chi connectivity index (χ0) is 17.8. The van der Waals surface area contributed by atoms with Crippen LogP contribution in [-0.2, 0) is 4.74 Å². The van der Waals surface area contributed by atoms with E-state index in [1.807, 2.05) is 43.5 Å². The lowest BCUT2D eigenvalue weighted by Crippen LogP contribution is -2.75. The number of fused-ring (bicyclic) bond motifs is 1. The molecule has 1 spiro atoms. The summed E-state index contributed by atoms with van der Waals surface area (Å²) in [5.74, 6) is 0. The monoisotopic (exact) mass is 364 g/mol. The fraction of sp³-hybridized carbons (Fsp3) is 0.647. The van der Waals surface area contributed by atoms with Crippen LogP contribution in [0.1, 0.15) is 40.0 Å². The molecular weight excluding hydrogens is 340 g/mol. The van der Waals surface area contributed by atoms with E-state index < -0.39 is 5.60 Å². The number of ether oxygens (including phenoxy) is 1. The van der Waals surface area contributed by atoms with E-state index in [1.54, 1.807) is 27.8 Å². The Hall–Kier alpha value is -1.83. The van der Waals surface area contributed by atoms with Gasteiger partial charge in [0.1, 0.15) is 11.8 Å². The normalized spacial score (nSPS) is 28.7. The molecule has 136 valence electrons. The molecule has 7 nitrogen and oxygen atoms in total. The van der Waals surface area contributed by atoms with E-state index in [0.29, 0.717) is 6.54 Å². The van der Waals surface area contributed by atoms with Crippen LogP contribution in [-0.4, -0.2) is 50.6 Å². The van der Waals surface area contributed by atoms with Crippen molar-refractivity contribution in [3.8, 4) is 0 Å². The summed E-state index contributed by atoms with van der Waals surface area (Å²) in [6.45, 7) is 6.22. The summed E-state index contributed by atoms with van der Waals surface area (Å²) in [6, 6.07) is -0.176. The number of amides is 3. The van der Waals surface area contributed by atoms with Crippen LogP contribution in [0, 0.1) is 5.41 Å². The third-order valence-corrected chi connectivity index (χ3v) is 6.17. The predicted octanol–water partition coefficient (Wildman–Crippen LogP) is 3.03. The third kappa shape index (κ3) is 2.76. The molecule has 4 aliphatic rings. The second kappa shape index (κ2) is 5.59.